The van der Waals surface area contributed by atoms with Crippen molar-refractivity contribution in [2.45, 2.75) is 86.0 Å². The van der Waals surface area contributed by atoms with Gasteiger partial charge in [-0.05, 0) is 72.1 Å². The van der Waals surface area contributed by atoms with Gasteiger partial charge in [-0.1, -0.05) is 69.0 Å². The van der Waals surface area contributed by atoms with Crippen LogP contribution >= 0.6 is 15.9 Å². The molecule has 21 heavy (non-hydrogen) atoms. The lowest BCUT2D eigenvalue weighted by Crippen LogP contribution is -2.35. The van der Waals surface area contributed by atoms with Crippen LogP contribution < -0.4 is 0 Å². The highest BCUT2D eigenvalue weighted by atomic mass is 79.9. The van der Waals surface area contributed by atoms with Gasteiger partial charge in [-0.25, -0.2) is 0 Å². The summed E-state index contributed by atoms with van der Waals surface area (Å²) in [6.07, 6.45) is 11.3. The number of halogens is 1. The fourth-order valence-corrected chi connectivity index (χ4v) is 5.85. The fraction of sp³-hybridized carbons (Fsp3) is 0.900. The predicted molar refractivity (Wildman–Crippen MR) is 97.7 cm³/mol. The molecule has 0 aliphatic heterocycles. The molecule has 1 heteroatoms. The molecule has 4 atom stereocenters. The standard InChI is InChI=1S/C20H35Br/c1-15(8-6-12-19(2,3)4)17-10-11-18-16(14-21)9-7-13-20(17,18)5/h14-15,17-18H,6-13H2,1-5H3/t15-,17-,18-,20-/m1/s1. The highest BCUT2D eigenvalue weighted by Crippen LogP contribution is 2.60. The Hall–Kier alpha value is 0.220. The second kappa shape index (κ2) is 6.77. The van der Waals surface area contributed by atoms with Gasteiger partial charge in [0, 0.05) is 0 Å². The minimum Gasteiger partial charge on any atom is -0.0622 e. The molecular weight excluding hydrogens is 320 g/mol. The van der Waals surface area contributed by atoms with Crippen LogP contribution in [0.2, 0.25) is 0 Å². The Balaban J connectivity index is 1.97. The number of hydrogen-bond acceptors (Lipinski definition) is 0. The lowest BCUT2D eigenvalue weighted by atomic mass is 9.61. The maximum Gasteiger partial charge on any atom is -0.0138 e. The smallest absolute Gasteiger partial charge is 0.0138 e. The van der Waals surface area contributed by atoms with E-state index in [0.29, 0.717) is 10.8 Å². The van der Waals surface area contributed by atoms with Gasteiger partial charge in [0.15, 0.2) is 0 Å². The quantitative estimate of drug-likeness (QED) is 0.495. The Labute approximate surface area is 141 Å². The van der Waals surface area contributed by atoms with Gasteiger partial charge in [-0.2, -0.15) is 0 Å². The molecular formula is C20H35Br. The van der Waals surface area contributed by atoms with E-state index in [0.717, 1.165) is 17.8 Å². The molecule has 0 unspecified atom stereocenters. The van der Waals surface area contributed by atoms with E-state index in [1.54, 1.807) is 5.57 Å². The SMILES string of the molecule is C[C@H](CCCC(C)(C)C)[C@H]1CC[C@@H]2C(=CBr)CCC[C@@]21C. The Morgan fingerprint density at radius 3 is 2.67 bits per heavy atom. The van der Waals surface area contributed by atoms with Crippen LogP contribution in [0, 0.1) is 28.6 Å². The van der Waals surface area contributed by atoms with Crippen molar-refractivity contribution in [2.24, 2.45) is 28.6 Å². The van der Waals surface area contributed by atoms with Crippen molar-refractivity contribution in [1.82, 2.24) is 0 Å². The van der Waals surface area contributed by atoms with Crippen LogP contribution in [0.15, 0.2) is 10.6 Å². The molecule has 2 fully saturated rings. The van der Waals surface area contributed by atoms with Crippen LogP contribution in [0.1, 0.15) is 86.0 Å². The van der Waals surface area contributed by atoms with Gasteiger partial charge >= 0.3 is 0 Å². The highest BCUT2D eigenvalue weighted by Gasteiger charge is 2.50. The van der Waals surface area contributed by atoms with E-state index in [1.807, 2.05) is 0 Å². The molecule has 2 aliphatic rings. The van der Waals surface area contributed by atoms with E-state index < -0.39 is 0 Å². The van der Waals surface area contributed by atoms with E-state index in [-0.39, 0.29) is 0 Å². The summed E-state index contributed by atoms with van der Waals surface area (Å²) in [5.41, 5.74) is 2.78. The van der Waals surface area contributed by atoms with Gasteiger partial charge < -0.3 is 0 Å². The van der Waals surface area contributed by atoms with Crippen LogP contribution in [0.5, 0.6) is 0 Å². The normalized spacial score (nSPS) is 36.8. The van der Waals surface area contributed by atoms with E-state index in [1.165, 1.54) is 51.4 Å². The molecule has 0 aromatic rings. The molecule has 0 aromatic carbocycles. The minimum absolute atomic E-state index is 0.499. The fourth-order valence-electron chi connectivity index (χ4n) is 5.30. The molecule has 0 radical (unpaired) electrons. The molecule has 2 aliphatic carbocycles. The molecule has 0 amide bonds. The zero-order chi connectivity index (χ0) is 15.7. The maximum absolute atomic E-state index is 3.63. The second-order valence-electron chi connectivity index (χ2n) is 9.21. The lowest BCUT2D eigenvalue weighted by molar-refractivity contribution is 0.0922. The number of allylic oxidation sites excluding steroid dienone is 1. The number of rotatable bonds is 4. The lowest BCUT2D eigenvalue weighted by Gasteiger charge is -2.44. The predicted octanol–water partition coefficient (Wildman–Crippen LogP) is 7.33. The average molecular weight is 355 g/mol. The summed E-state index contributed by atoms with van der Waals surface area (Å²) in [7, 11) is 0. The molecule has 0 N–H and O–H groups in total. The van der Waals surface area contributed by atoms with Crippen molar-refractivity contribution in [1.29, 1.82) is 0 Å². The maximum atomic E-state index is 3.63. The monoisotopic (exact) mass is 354 g/mol. The van der Waals surface area contributed by atoms with Gasteiger partial charge in [0.2, 0.25) is 0 Å². The van der Waals surface area contributed by atoms with Crippen LogP contribution in [0.3, 0.4) is 0 Å². The second-order valence-corrected chi connectivity index (χ2v) is 9.67. The Morgan fingerprint density at radius 1 is 1.33 bits per heavy atom. The van der Waals surface area contributed by atoms with E-state index in [4.69, 9.17) is 0 Å². The summed E-state index contributed by atoms with van der Waals surface area (Å²) in [4.78, 5) is 2.25. The zero-order valence-electron chi connectivity index (χ0n) is 14.8. The third-order valence-electron chi connectivity index (χ3n) is 6.45. The van der Waals surface area contributed by atoms with E-state index in [9.17, 15) is 0 Å². The Kier molecular flexibility index (Phi) is 5.66. The topological polar surface area (TPSA) is 0 Å². The Bertz CT molecular complexity index is 376. The first-order chi connectivity index (χ1) is 9.78. The summed E-state index contributed by atoms with van der Waals surface area (Å²) in [6.45, 7) is 12.3. The summed E-state index contributed by atoms with van der Waals surface area (Å²) in [5, 5.41) is 0. The molecule has 2 saturated carbocycles. The summed E-state index contributed by atoms with van der Waals surface area (Å²) < 4.78 is 0. The molecule has 2 rings (SSSR count). The first kappa shape index (κ1) is 17.6. The van der Waals surface area contributed by atoms with Crippen LogP contribution in [0.4, 0.5) is 0 Å². The van der Waals surface area contributed by atoms with Gasteiger partial charge in [0.05, 0.1) is 0 Å². The third kappa shape index (κ3) is 3.95. The van der Waals surface area contributed by atoms with Crippen molar-refractivity contribution >= 4 is 15.9 Å². The third-order valence-corrected chi connectivity index (χ3v) is 7.04. The molecule has 122 valence electrons. The summed E-state index contributed by atoms with van der Waals surface area (Å²) in [5.74, 6) is 2.71. The largest absolute Gasteiger partial charge is 0.0622 e. The molecule has 0 aromatic heterocycles. The van der Waals surface area contributed by atoms with Crippen LogP contribution in [-0.4, -0.2) is 0 Å². The Morgan fingerprint density at radius 2 is 2.05 bits per heavy atom. The molecule has 0 spiro atoms. The van der Waals surface area contributed by atoms with E-state index in [2.05, 4.69) is 55.5 Å². The first-order valence-corrected chi connectivity index (χ1v) is 9.98. The van der Waals surface area contributed by atoms with E-state index >= 15 is 0 Å². The number of hydrogen-bond donors (Lipinski definition) is 0. The van der Waals surface area contributed by atoms with Gasteiger partial charge in [0.1, 0.15) is 0 Å². The molecule has 0 saturated heterocycles. The van der Waals surface area contributed by atoms with Crippen LogP contribution in [0.25, 0.3) is 0 Å². The number of fused-ring (bicyclic) bond motifs is 1. The van der Waals surface area contributed by atoms with Crippen molar-refractivity contribution in [3.63, 3.8) is 0 Å². The summed E-state index contributed by atoms with van der Waals surface area (Å²) >= 11 is 3.63. The molecule has 0 nitrogen and oxygen atoms in total. The van der Waals surface area contributed by atoms with Gasteiger partial charge in [0.25, 0.3) is 0 Å². The van der Waals surface area contributed by atoms with Gasteiger partial charge in [-0.15, -0.1) is 0 Å². The van der Waals surface area contributed by atoms with Crippen LogP contribution in [-0.2, 0) is 0 Å². The van der Waals surface area contributed by atoms with Crippen molar-refractivity contribution in [3.8, 4) is 0 Å². The minimum atomic E-state index is 0.499. The average Bonchev–Trinajstić information content (AvgIpc) is 2.73. The highest BCUT2D eigenvalue weighted by molar-refractivity contribution is 9.11. The van der Waals surface area contributed by atoms with Gasteiger partial charge in [-0.3, -0.25) is 0 Å². The first-order valence-electron chi connectivity index (χ1n) is 9.07. The van der Waals surface area contributed by atoms with Crippen molar-refractivity contribution in [3.05, 3.63) is 10.6 Å². The zero-order valence-corrected chi connectivity index (χ0v) is 16.4. The summed E-state index contributed by atoms with van der Waals surface area (Å²) in [6, 6.07) is 0. The van der Waals surface area contributed by atoms with Crippen molar-refractivity contribution in [2.75, 3.05) is 0 Å². The molecule has 0 bridgehead atoms. The molecule has 0 heterocycles. The van der Waals surface area contributed by atoms with Crippen molar-refractivity contribution < 1.29 is 0 Å².